The summed E-state index contributed by atoms with van der Waals surface area (Å²) in [4.78, 5) is 25.1. The van der Waals surface area contributed by atoms with Gasteiger partial charge < -0.3 is 15.3 Å². The molecule has 2 unspecified atom stereocenters. The summed E-state index contributed by atoms with van der Waals surface area (Å²) >= 11 is 0. The molecule has 2 atom stereocenters. The summed E-state index contributed by atoms with van der Waals surface area (Å²) in [6.45, 7) is 3.96. The Hall–Kier alpha value is -1.88. The molecule has 1 amide bonds. The van der Waals surface area contributed by atoms with E-state index in [1.54, 1.807) is 0 Å². The number of rotatable bonds is 7. The number of carbonyl (C=O) groups is 2. The number of aliphatic carboxylic acids is 1. The van der Waals surface area contributed by atoms with Crippen LogP contribution in [0.25, 0.3) is 0 Å². The van der Waals surface area contributed by atoms with Gasteiger partial charge in [-0.25, -0.2) is 0 Å². The Labute approximate surface area is 137 Å². The van der Waals surface area contributed by atoms with Crippen molar-refractivity contribution in [1.29, 1.82) is 0 Å². The summed E-state index contributed by atoms with van der Waals surface area (Å²) in [7, 11) is 0. The average molecular weight is 318 g/mol. The van der Waals surface area contributed by atoms with E-state index in [4.69, 9.17) is 5.11 Å². The molecule has 0 aromatic heterocycles. The lowest BCUT2D eigenvalue weighted by Gasteiger charge is -2.38. The third-order valence-corrected chi connectivity index (χ3v) is 4.25. The molecule has 1 aliphatic rings. The number of hydrogen-bond donors (Lipinski definition) is 2. The van der Waals surface area contributed by atoms with E-state index in [2.05, 4.69) is 17.4 Å². The van der Waals surface area contributed by atoms with E-state index in [1.807, 2.05) is 30.0 Å². The molecular formula is C18H26N2O3. The van der Waals surface area contributed by atoms with E-state index in [0.717, 1.165) is 19.4 Å². The molecule has 0 bridgehead atoms. The number of carbonyl (C=O) groups excluding carboxylic acids is 1. The van der Waals surface area contributed by atoms with Crippen LogP contribution in [-0.2, 0) is 16.1 Å². The highest BCUT2D eigenvalue weighted by atomic mass is 16.4. The second-order valence-corrected chi connectivity index (χ2v) is 6.31. The van der Waals surface area contributed by atoms with Crippen LogP contribution in [0.3, 0.4) is 0 Å². The number of amides is 1. The molecule has 0 radical (unpaired) electrons. The molecule has 1 saturated heterocycles. The molecule has 0 saturated carbocycles. The predicted molar refractivity (Wildman–Crippen MR) is 88.9 cm³/mol. The van der Waals surface area contributed by atoms with Gasteiger partial charge in [-0.3, -0.25) is 9.59 Å². The highest BCUT2D eigenvalue weighted by Gasteiger charge is 2.30. The van der Waals surface area contributed by atoms with Crippen LogP contribution in [0, 0.1) is 5.92 Å². The monoisotopic (exact) mass is 318 g/mol. The van der Waals surface area contributed by atoms with Crippen molar-refractivity contribution >= 4 is 11.9 Å². The molecular weight excluding hydrogens is 292 g/mol. The van der Waals surface area contributed by atoms with E-state index >= 15 is 0 Å². The molecule has 1 aromatic rings. The van der Waals surface area contributed by atoms with Gasteiger partial charge in [-0.1, -0.05) is 37.3 Å². The SMILES string of the molecule is CCCC(=O)N1CC(CC(=O)O)CC(NCc2ccccc2)C1. The minimum Gasteiger partial charge on any atom is -0.481 e. The Morgan fingerprint density at radius 1 is 1.26 bits per heavy atom. The normalized spacial score (nSPS) is 21.2. The molecule has 5 heteroatoms. The highest BCUT2D eigenvalue weighted by Crippen LogP contribution is 2.21. The van der Waals surface area contributed by atoms with Gasteiger partial charge in [0.05, 0.1) is 0 Å². The first kappa shape index (κ1) is 17.5. The second-order valence-electron chi connectivity index (χ2n) is 6.31. The van der Waals surface area contributed by atoms with E-state index in [9.17, 15) is 9.59 Å². The number of hydrogen-bond acceptors (Lipinski definition) is 3. The topological polar surface area (TPSA) is 69.6 Å². The van der Waals surface area contributed by atoms with Crippen LogP contribution in [0.2, 0.25) is 0 Å². The van der Waals surface area contributed by atoms with E-state index < -0.39 is 5.97 Å². The van der Waals surface area contributed by atoms with Crippen molar-refractivity contribution in [2.45, 2.75) is 45.2 Å². The number of carboxylic acids is 1. The van der Waals surface area contributed by atoms with Gasteiger partial charge in [0.25, 0.3) is 0 Å². The van der Waals surface area contributed by atoms with Gasteiger partial charge in [0.1, 0.15) is 0 Å². The summed E-state index contributed by atoms with van der Waals surface area (Å²) in [5, 5.41) is 12.5. The van der Waals surface area contributed by atoms with Crippen molar-refractivity contribution in [3.8, 4) is 0 Å². The van der Waals surface area contributed by atoms with Crippen molar-refractivity contribution < 1.29 is 14.7 Å². The third-order valence-electron chi connectivity index (χ3n) is 4.25. The number of nitrogens with one attached hydrogen (secondary N) is 1. The van der Waals surface area contributed by atoms with Crippen LogP contribution in [0.4, 0.5) is 0 Å². The first-order valence-corrected chi connectivity index (χ1v) is 8.35. The lowest BCUT2D eigenvalue weighted by molar-refractivity contribution is -0.141. The summed E-state index contributed by atoms with van der Waals surface area (Å²) in [5.74, 6) is -0.633. The zero-order valence-electron chi connectivity index (χ0n) is 13.7. The van der Waals surface area contributed by atoms with Crippen molar-refractivity contribution in [3.63, 3.8) is 0 Å². The fraction of sp³-hybridized carbons (Fsp3) is 0.556. The van der Waals surface area contributed by atoms with Gasteiger partial charge in [0, 0.05) is 38.5 Å². The van der Waals surface area contributed by atoms with E-state index in [0.29, 0.717) is 19.5 Å². The standard InChI is InChI=1S/C18H26N2O3/c1-2-6-17(21)20-12-15(10-18(22)23)9-16(13-20)19-11-14-7-4-3-5-8-14/h3-5,7-8,15-16,19H,2,6,9-13H2,1H3,(H,22,23). The first-order valence-electron chi connectivity index (χ1n) is 8.35. The van der Waals surface area contributed by atoms with Crippen molar-refractivity contribution in [2.75, 3.05) is 13.1 Å². The summed E-state index contributed by atoms with van der Waals surface area (Å²) in [6, 6.07) is 10.3. The Morgan fingerprint density at radius 3 is 2.65 bits per heavy atom. The van der Waals surface area contributed by atoms with Gasteiger partial charge in [-0.05, 0) is 24.3 Å². The maximum absolute atomic E-state index is 12.2. The fourth-order valence-corrected chi connectivity index (χ4v) is 3.18. The smallest absolute Gasteiger partial charge is 0.303 e. The molecule has 5 nitrogen and oxygen atoms in total. The zero-order chi connectivity index (χ0) is 16.7. The molecule has 1 aromatic carbocycles. The maximum Gasteiger partial charge on any atom is 0.303 e. The van der Waals surface area contributed by atoms with Crippen molar-refractivity contribution in [2.24, 2.45) is 5.92 Å². The highest BCUT2D eigenvalue weighted by molar-refractivity contribution is 5.76. The summed E-state index contributed by atoms with van der Waals surface area (Å²) in [6.07, 6.45) is 2.28. The number of piperidine rings is 1. The van der Waals surface area contributed by atoms with Crippen LogP contribution in [-0.4, -0.2) is 41.0 Å². The van der Waals surface area contributed by atoms with E-state index in [-0.39, 0.29) is 24.3 Å². The Balaban J connectivity index is 1.96. The predicted octanol–water partition coefficient (Wildman–Crippen LogP) is 2.27. The lowest BCUT2D eigenvalue weighted by Crippen LogP contribution is -2.51. The fourth-order valence-electron chi connectivity index (χ4n) is 3.18. The quantitative estimate of drug-likeness (QED) is 0.809. The molecule has 126 valence electrons. The maximum atomic E-state index is 12.2. The molecule has 23 heavy (non-hydrogen) atoms. The molecule has 2 N–H and O–H groups in total. The summed E-state index contributed by atoms with van der Waals surface area (Å²) < 4.78 is 0. The van der Waals surface area contributed by atoms with Gasteiger partial charge in [-0.2, -0.15) is 0 Å². The van der Waals surface area contributed by atoms with Gasteiger partial charge in [0.15, 0.2) is 0 Å². The van der Waals surface area contributed by atoms with Gasteiger partial charge >= 0.3 is 5.97 Å². The van der Waals surface area contributed by atoms with Crippen LogP contribution in [0.15, 0.2) is 30.3 Å². The Morgan fingerprint density at radius 2 is 2.00 bits per heavy atom. The van der Waals surface area contributed by atoms with E-state index in [1.165, 1.54) is 5.56 Å². The van der Waals surface area contributed by atoms with Crippen molar-refractivity contribution in [3.05, 3.63) is 35.9 Å². The summed E-state index contributed by atoms with van der Waals surface area (Å²) in [5.41, 5.74) is 1.19. The molecule has 1 fully saturated rings. The Kier molecular flexibility index (Phi) is 6.59. The minimum atomic E-state index is -0.790. The molecule has 0 aliphatic carbocycles. The third kappa shape index (κ3) is 5.67. The van der Waals surface area contributed by atoms with Gasteiger partial charge in [-0.15, -0.1) is 0 Å². The van der Waals surface area contributed by atoms with Crippen LogP contribution in [0.5, 0.6) is 0 Å². The minimum absolute atomic E-state index is 0.0235. The number of carboxylic acid groups (broad SMARTS) is 1. The Bertz CT molecular complexity index is 518. The number of likely N-dealkylation sites (tertiary alicyclic amines) is 1. The van der Waals surface area contributed by atoms with Gasteiger partial charge in [0.2, 0.25) is 5.91 Å². The molecule has 2 rings (SSSR count). The molecule has 0 spiro atoms. The zero-order valence-corrected chi connectivity index (χ0v) is 13.7. The number of nitrogens with zero attached hydrogens (tertiary/aromatic N) is 1. The van der Waals surface area contributed by atoms with Crippen LogP contribution >= 0.6 is 0 Å². The lowest BCUT2D eigenvalue weighted by atomic mass is 9.91. The molecule has 1 heterocycles. The average Bonchev–Trinajstić information content (AvgIpc) is 2.53. The van der Waals surface area contributed by atoms with Crippen LogP contribution < -0.4 is 5.32 Å². The first-order chi connectivity index (χ1) is 11.1. The molecule has 1 aliphatic heterocycles. The number of benzene rings is 1. The largest absolute Gasteiger partial charge is 0.481 e. The van der Waals surface area contributed by atoms with Crippen LogP contribution in [0.1, 0.15) is 38.2 Å². The second kappa shape index (κ2) is 8.67. The van der Waals surface area contributed by atoms with Crippen molar-refractivity contribution in [1.82, 2.24) is 10.2 Å².